The third-order valence-electron chi connectivity index (χ3n) is 3.02. The van der Waals surface area contributed by atoms with E-state index < -0.39 is 5.91 Å². The van der Waals surface area contributed by atoms with E-state index in [1.165, 1.54) is 0 Å². The van der Waals surface area contributed by atoms with Gasteiger partial charge in [-0.25, -0.2) is 0 Å². The van der Waals surface area contributed by atoms with Crippen molar-refractivity contribution < 1.29 is 4.79 Å². The Hall–Kier alpha value is -2.01. The van der Waals surface area contributed by atoms with E-state index in [9.17, 15) is 4.79 Å². The molecule has 0 saturated heterocycles. The number of rotatable bonds is 3. The van der Waals surface area contributed by atoms with Gasteiger partial charge in [0.25, 0.3) is 5.91 Å². The Kier molecular flexibility index (Phi) is 3.99. The van der Waals surface area contributed by atoms with Gasteiger partial charge in [0.2, 0.25) is 0 Å². The number of hydrogen-bond acceptors (Lipinski definition) is 3. The average Bonchev–Trinajstić information content (AvgIpc) is 2.37. The first-order chi connectivity index (χ1) is 9.38. The molecule has 5 heteroatoms. The van der Waals surface area contributed by atoms with E-state index >= 15 is 0 Å². The maximum atomic E-state index is 11.5. The first-order valence-electron chi connectivity index (χ1n) is 6.11. The van der Waals surface area contributed by atoms with E-state index in [-0.39, 0.29) is 0 Å². The zero-order valence-electron chi connectivity index (χ0n) is 11.3. The van der Waals surface area contributed by atoms with Crippen LogP contribution in [0, 0.1) is 13.8 Å². The summed E-state index contributed by atoms with van der Waals surface area (Å²) in [5, 5.41) is 3.21. The fourth-order valence-corrected chi connectivity index (χ4v) is 2.28. The second-order valence-corrected chi connectivity index (χ2v) is 5.51. The van der Waals surface area contributed by atoms with Gasteiger partial charge in [-0.2, -0.15) is 0 Å². The van der Waals surface area contributed by atoms with Crippen LogP contribution < -0.4 is 16.8 Å². The molecule has 0 aliphatic rings. The summed E-state index contributed by atoms with van der Waals surface area (Å²) in [7, 11) is 0. The number of nitrogen functional groups attached to an aromatic ring is 1. The lowest BCUT2D eigenvalue weighted by Crippen LogP contribution is -2.13. The Labute approximate surface area is 126 Å². The maximum absolute atomic E-state index is 11.5. The Bertz CT molecular complexity index is 660. The number of halogens is 1. The molecule has 1 amide bonds. The van der Waals surface area contributed by atoms with Crippen molar-refractivity contribution in [2.75, 3.05) is 11.1 Å². The first-order valence-corrected chi connectivity index (χ1v) is 6.91. The molecule has 5 N–H and O–H groups in total. The molecule has 0 radical (unpaired) electrons. The maximum Gasteiger partial charge on any atom is 0.250 e. The average molecular weight is 334 g/mol. The summed E-state index contributed by atoms with van der Waals surface area (Å²) in [6.45, 7) is 4.03. The van der Waals surface area contributed by atoms with E-state index in [2.05, 4.69) is 21.2 Å². The summed E-state index contributed by atoms with van der Waals surface area (Å²) >= 11 is 3.53. The van der Waals surface area contributed by atoms with Crippen molar-refractivity contribution in [3.63, 3.8) is 0 Å². The summed E-state index contributed by atoms with van der Waals surface area (Å²) in [5.41, 5.74) is 15.7. The highest BCUT2D eigenvalue weighted by atomic mass is 79.9. The van der Waals surface area contributed by atoms with Gasteiger partial charge in [-0.15, -0.1) is 0 Å². The molecule has 0 aromatic heterocycles. The van der Waals surface area contributed by atoms with Crippen LogP contribution in [0.4, 0.5) is 17.1 Å². The summed E-state index contributed by atoms with van der Waals surface area (Å²) in [6, 6.07) is 9.05. The van der Waals surface area contributed by atoms with Crippen LogP contribution in [0.25, 0.3) is 0 Å². The van der Waals surface area contributed by atoms with E-state index in [0.29, 0.717) is 16.9 Å². The molecule has 0 atom stereocenters. The van der Waals surface area contributed by atoms with Crippen molar-refractivity contribution >= 4 is 38.9 Å². The topological polar surface area (TPSA) is 81.1 Å². The number of anilines is 3. The Balaban J connectivity index is 2.42. The number of hydrogen-bond donors (Lipinski definition) is 3. The van der Waals surface area contributed by atoms with Crippen molar-refractivity contribution in [2.45, 2.75) is 13.8 Å². The molecule has 4 nitrogen and oxygen atoms in total. The molecule has 0 aliphatic carbocycles. The number of nitrogens with one attached hydrogen (secondary N) is 1. The highest BCUT2D eigenvalue weighted by Crippen LogP contribution is 2.28. The van der Waals surface area contributed by atoms with Crippen LogP contribution in [0.1, 0.15) is 21.5 Å². The van der Waals surface area contributed by atoms with Crippen molar-refractivity contribution in [3.8, 4) is 0 Å². The minimum Gasteiger partial charge on any atom is -0.399 e. The molecule has 0 bridgehead atoms. The molecule has 0 fully saturated rings. The SMILES string of the molecule is Cc1cc(Nc2ccc(N)cc2C(N)=O)cc(C)c1Br. The molecule has 20 heavy (non-hydrogen) atoms. The van der Waals surface area contributed by atoms with Gasteiger partial charge in [-0.05, 0) is 55.3 Å². The lowest BCUT2D eigenvalue weighted by atomic mass is 10.1. The zero-order chi connectivity index (χ0) is 14.9. The number of carbonyl (C=O) groups is 1. The molecular weight excluding hydrogens is 318 g/mol. The van der Waals surface area contributed by atoms with E-state index in [0.717, 1.165) is 21.3 Å². The van der Waals surface area contributed by atoms with Crippen molar-refractivity contribution in [1.82, 2.24) is 0 Å². The quantitative estimate of drug-likeness (QED) is 0.752. The summed E-state index contributed by atoms with van der Waals surface area (Å²) in [6.07, 6.45) is 0. The summed E-state index contributed by atoms with van der Waals surface area (Å²) < 4.78 is 1.08. The lowest BCUT2D eigenvalue weighted by Gasteiger charge is -2.13. The number of aryl methyl sites for hydroxylation is 2. The van der Waals surface area contributed by atoms with E-state index in [4.69, 9.17) is 11.5 Å². The predicted octanol–water partition coefficient (Wildman–Crippen LogP) is 3.49. The third kappa shape index (κ3) is 2.93. The molecule has 2 aromatic rings. The number of benzene rings is 2. The third-order valence-corrected chi connectivity index (χ3v) is 4.28. The highest BCUT2D eigenvalue weighted by molar-refractivity contribution is 9.10. The Morgan fingerprint density at radius 2 is 1.75 bits per heavy atom. The van der Waals surface area contributed by atoms with Gasteiger partial charge < -0.3 is 16.8 Å². The van der Waals surface area contributed by atoms with Gasteiger partial charge in [-0.1, -0.05) is 15.9 Å². The fraction of sp³-hybridized carbons (Fsp3) is 0.133. The summed E-state index contributed by atoms with van der Waals surface area (Å²) in [4.78, 5) is 11.5. The van der Waals surface area contributed by atoms with Gasteiger partial charge in [0.1, 0.15) is 0 Å². The number of amides is 1. The molecule has 2 rings (SSSR count). The van der Waals surface area contributed by atoms with Crippen molar-refractivity contribution in [3.05, 3.63) is 51.5 Å². The zero-order valence-corrected chi connectivity index (χ0v) is 12.9. The van der Waals surface area contributed by atoms with Crippen LogP contribution >= 0.6 is 15.9 Å². The van der Waals surface area contributed by atoms with Gasteiger partial charge in [0.15, 0.2) is 0 Å². The van der Waals surface area contributed by atoms with Crippen LogP contribution in [0.5, 0.6) is 0 Å². The molecule has 0 heterocycles. The minimum atomic E-state index is -0.509. The van der Waals surface area contributed by atoms with Crippen LogP contribution in [0.3, 0.4) is 0 Å². The molecular formula is C15H16BrN3O. The minimum absolute atomic E-state index is 0.378. The Morgan fingerprint density at radius 1 is 1.15 bits per heavy atom. The fourth-order valence-electron chi connectivity index (χ4n) is 2.05. The van der Waals surface area contributed by atoms with Gasteiger partial charge >= 0.3 is 0 Å². The molecule has 0 unspecified atom stereocenters. The second kappa shape index (κ2) is 5.54. The van der Waals surface area contributed by atoms with E-state index in [1.54, 1.807) is 18.2 Å². The monoisotopic (exact) mass is 333 g/mol. The van der Waals surface area contributed by atoms with Crippen LogP contribution in [-0.2, 0) is 0 Å². The van der Waals surface area contributed by atoms with E-state index in [1.807, 2.05) is 26.0 Å². The van der Waals surface area contributed by atoms with Gasteiger partial charge in [0, 0.05) is 15.8 Å². The lowest BCUT2D eigenvalue weighted by molar-refractivity contribution is 0.100. The normalized spacial score (nSPS) is 10.3. The summed E-state index contributed by atoms with van der Waals surface area (Å²) in [5.74, 6) is -0.509. The Morgan fingerprint density at radius 3 is 2.30 bits per heavy atom. The van der Waals surface area contributed by atoms with Crippen LogP contribution in [-0.4, -0.2) is 5.91 Å². The van der Waals surface area contributed by atoms with Gasteiger partial charge in [0.05, 0.1) is 11.3 Å². The number of nitrogens with two attached hydrogens (primary N) is 2. The van der Waals surface area contributed by atoms with Crippen LogP contribution in [0.2, 0.25) is 0 Å². The van der Waals surface area contributed by atoms with Gasteiger partial charge in [-0.3, -0.25) is 4.79 Å². The molecule has 2 aromatic carbocycles. The van der Waals surface area contributed by atoms with Crippen molar-refractivity contribution in [1.29, 1.82) is 0 Å². The highest BCUT2D eigenvalue weighted by Gasteiger charge is 2.10. The molecule has 0 saturated carbocycles. The molecule has 104 valence electrons. The molecule has 0 spiro atoms. The number of primary amides is 1. The van der Waals surface area contributed by atoms with Crippen LogP contribution in [0.15, 0.2) is 34.8 Å². The smallest absolute Gasteiger partial charge is 0.250 e. The predicted molar refractivity (Wildman–Crippen MR) is 86.3 cm³/mol. The molecule has 0 aliphatic heterocycles. The first kappa shape index (κ1) is 14.4. The largest absolute Gasteiger partial charge is 0.399 e. The second-order valence-electron chi connectivity index (χ2n) is 4.72. The van der Waals surface area contributed by atoms with Crippen molar-refractivity contribution in [2.24, 2.45) is 5.73 Å². The standard InChI is InChI=1S/C15H16BrN3O/c1-8-5-11(6-9(2)14(8)16)19-13-4-3-10(17)7-12(13)15(18)20/h3-7,19H,17H2,1-2H3,(H2,18,20). The number of carbonyl (C=O) groups excluding carboxylic acids is 1.